The van der Waals surface area contributed by atoms with Crippen LogP contribution in [0.4, 0.5) is 0 Å². The van der Waals surface area contributed by atoms with Gasteiger partial charge in [-0.15, -0.1) is 0 Å². The van der Waals surface area contributed by atoms with Gasteiger partial charge in [0.15, 0.2) is 5.96 Å². The molecule has 0 spiro atoms. The van der Waals surface area contributed by atoms with Crippen molar-refractivity contribution in [3.63, 3.8) is 0 Å². The molecule has 1 atom stereocenters. The molecule has 1 N–H and O–H groups in total. The Hall–Kier alpha value is -2.54. The van der Waals surface area contributed by atoms with Gasteiger partial charge in [0, 0.05) is 42.9 Å². The topological polar surface area (TPSA) is 63.2 Å². The van der Waals surface area contributed by atoms with Crippen LogP contribution in [0, 0.1) is 0 Å². The maximum absolute atomic E-state index is 12.2. The van der Waals surface area contributed by atoms with E-state index in [0.717, 1.165) is 23.0 Å². The van der Waals surface area contributed by atoms with Crippen molar-refractivity contribution in [2.45, 2.75) is 5.75 Å². The number of hydrogen-bond donors (Lipinski definition) is 1. The Labute approximate surface area is 170 Å². The molecule has 0 heterocycles. The summed E-state index contributed by atoms with van der Waals surface area (Å²) in [6, 6.07) is 17.4. The summed E-state index contributed by atoms with van der Waals surface area (Å²) in [5, 5.41) is 3.26. The van der Waals surface area contributed by atoms with Crippen molar-refractivity contribution in [3.8, 4) is 11.5 Å². The zero-order chi connectivity index (χ0) is 20.2. The lowest BCUT2D eigenvalue weighted by Gasteiger charge is -2.22. The molecule has 0 bridgehead atoms. The van der Waals surface area contributed by atoms with Crippen LogP contribution in [0.5, 0.6) is 11.5 Å². The quantitative estimate of drug-likeness (QED) is 0.488. The van der Waals surface area contributed by atoms with Gasteiger partial charge in [-0.2, -0.15) is 0 Å². The van der Waals surface area contributed by atoms with Crippen molar-refractivity contribution in [1.29, 1.82) is 0 Å². The third-order valence-corrected chi connectivity index (χ3v) is 5.43. The highest BCUT2D eigenvalue weighted by Crippen LogP contribution is 2.16. The van der Waals surface area contributed by atoms with Gasteiger partial charge in [-0.05, 0) is 29.8 Å². The average molecular weight is 404 g/mol. The molecule has 152 valence electrons. The van der Waals surface area contributed by atoms with Crippen LogP contribution in [0.25, 0.3) is 0 Å². The van der Waals surface area contributed by atoms with Crippen molar-refractivity contribution in [2.24, 2.45) is 4.99 Å². The highest BCUT2D eigenvalue weighted by Gasteiger charge is 2.07. The smallest absolute Gasteiger partial charge is 0.193 e. The predicted molar refractivity (Wildman–Crippen MR) is 116 cm³/mol. The maximum atomic E-state index is 12.2. The van der Waals surface area contributed by atoms with Crippen LogP contribution < -0.4 is 14.8 Å². The summed E-state index contributed by atoms with van der Waals surface area (Å²) in [5.41, 5.74) is 1.10. The van der Waals surface area contributed by atoms with Gasteiger partial charge in [0.1, 0.15) is 18.1 Å². The first-order chi connectivity index (χ1) is 13.6. The molecule has 7 heteroatoms. The Morgan fingerprint density at radius 3 is 2.43 bits per heavy atom. The largest absolute Gasteiger partial charge is 0.497 e. The Morgan fingerprint density at radius 2 is 1.79 bits per heavy atom. The summed E-state index contributed by atoms with van der Waals surface area (Å²) < 4.78 is 23.1. The van der Waals surface area contributed by atoms with E-state index in [1.807, 2.05) is 66.5 Å². The molecule has 2 rings (SSSR count). The first-order valence-corrected chi connectivity index (χ1v) is 10.7. The van der Waals surface area contributed by atoms with E-state index in [4.69, 9.17) is 9.47 Å². The Balaban J connectivity index is 1.67. The first kappa shape index (κ1) is 21.8. The van der Waals surface area contributed by atoms with Crippen LogP contribution in [0.2, 0.25) is 0 Å². The molecule has 2 aromatic rings. The lowest BCUT2D eigenvalue weighted by molar-refractivity contribution is 0.281. The molecule has 0 aliphatic rings. The normalized spacial score (nSPS) is 12.3. The Morgan fingerprint density at radius 1 is 1.11 bits per heavy atom. The minimum absolute atomic E-state index is 0.531. The lowest BCUT2D eigenvalue weighted by atomic mass is 10.2. The van der Waals surface area contributed by atoms with Crippen LogP contribution >= 0.6 is 0 Å². The lowest BCUT2D eigenvalue weighted by Crippen LogP contribution is -2.42. The number of ether oxygens (including phenoxy) is 2. The summed E-state index contributed by atoms with van der Waals surface area (Å²) >= 11 is 0. The van der Waals surface area contributed by atoms with E-state index in [2.05, 4.69) is 10.3 Å². The van der Waals surface area contributed by atoms with Crippen LogP contribution in [0.15, 0.2) is 59.6 Å². The molecule has 0 saturated carbocycles. The minimum atomic E-state index is -0.907. The van der Waals surface area contributed by atoms with Gasteiger partial charge in [0.2, 0.25) is 0 Å². The number of aliphatic imine (C=N–C) groups is 1. The van der Waals surface area contributed by atoms with E-state index in [1.54, 1.807) is 14.2 Å². The fourth-order valence-corrected chi connectivity index (χ4v) is 3.61. The monoisotopic (exact) mass is 403 g/mol. The molecular weight excluding hydrogens is 374 g/mol. The molecule has 0 fully saturated rings. The van der Waals surface area contributed by atoms with Crippen molar-refractivity contribution >= 4 is 16.8 Å². The maximum Gasteiger partial charge on any atom is 0.193 e. The minimum Gasteiger partial charge on any atom is -0.497 e. The number of rotatable bonds is 10. The van der Waals surface area contributed by atoms with Crippen molar-refractivity contribution < 1.29 is 13.7 Å². The van der Waals surface area contributed by atoms with E-state index < -0.39 is 10.8 Å². The molecule has 28 heavy (non-hydrogen) atoms. The fourth-order valence-electron chi connectivity index (χ4n) is 2.57. The second-order valence-electron chi connectivity index (χ2n) is 6.19. The fraction of sp³-hybridized carbons (Fsp3) is 0.381. The Kier molecular flexibility index (Phi) is 9.34. The predicted octanol–water partition coefficient (Wildman–Crippen LogP) is 2.53. The highest BCUT2D eigenvalue weighted by atomic mass is 32.2. The summed E-state index contributed by atoms with van der Waals surface area (Å²) in [6.07, 6.45) is 0. The molecular formula is C21H29N3O3S. The third-order valence-electron chi connectivity index (χ3n) is 4.11. The average Bonchev–Trinajstić information content (AvgIpc) is 2.72. The van der Waals surface area contributed by atoms with E-state index in [1.165, 1.54) is 0 Å². The Bertz CT molecular complexity index is 751. The SMILES string of the molecule is CN=C(NCCS(=O)Cc1ccccc1)N(C)CCOc1ccc(OC)cc1. The van der Waals surface area contributed by atoms with Gasteiger partial charge in [0.25, 0.3) is 0 Å². The number of benzene rings is 2. The molecule has 1 unspecified atom stereocenters. The molecule has 0 saturated heterocycles. The van der Waals surface area contributed by atoms with E-state index in [9.17, 15) is 4.21 Å². The van der Waals surface area contributed by atoms with E-state index in [-0.39, 0.29) is 0 Å². The van der Waals surface area contributed by atoms with Crippen LogP contribution in [-0.2, 0) is 16.6 Å². The second-order valence-corrected chi connectivity index (χ2v) is 7.77. The number of nitrogens with one attached hydrogen (secondary N) is 1. The molecule has 2 aromatic carbocycles. The first-order valence-electron chi connectivity index (χ1n) is 9.20. The zero-order valence-electron chi connectivity index (χ0n) is 16.8. The van der Waals surface area contributed by atoms with Gasteiger partial charge in [0.05, 0.1) is 13.7 Å². The molecule has 0 aliphatic heterocycles. The van der Waals surface area contributed by atoms with E-state index in [0.29, 0.717) is 31.2 Å². The third kappa shape index (κ3) is 7.60. The van der Waals surface area contributed by atoms with Crippen molar-refractivity contribution in [1.82, 2.24) is 10.2 Å². The molecule has 0 radical (unpaired) electrons. The summed E-state index contributed by atoms with van der Waals surface area (Å²) in [5.74, 6) is 3.51. The molecule has 6 nitrogen and oxygen atoms in total. The summed E-state index contributed by atoms with van der Waals surface area (Å²) in [4.78, 5) is 6.27. The van der Waals surface area contributed by atoms with E-state index >= 15 is 0 Å². The summed E-state index contributed by atoms with van der Waals surface area (Å²) in [7, 11) is 4.43. The molecule has 0 amide bonds. The van der Waals surface area contributed by atoms with Crippen molar-refractivity contribution in [3.05, 3.63) is 60.2 Å². The van der Waals surface area contributed by atoms with Gasteiger partial charge in [-0.3, -0.25) is 9.20 Å². The van der Waals surface area contributed by atoms with Gasteiger partial charge in [-0.25, -0.2) is 0 Å². The zero-order valence-corrected chi connectivity index (χ0v) is 17.6. The second kappa shape index (κ2) is 12.0. The number of nitrogens with zero attached hydrogens (tertiary/aromatic N) is 2. The standard InChI is InChI=1S/C21H29N3O3S/c1-22-21(23-13-16-28(25)17-18-7-5-4-6-8-18)24(2)14-15-27-20-11-9-19(26-3)10-12-20/h4-12H,13-17H2,1-3H3,(H,22,23). The van der Waals surface area contributed by atoms with Crippen molar-refractivity contribution in [2.75, 3.05) is 46.7 Å². The number of likely N-dealkylation sites (N-methyl/N-ethyl adjacent to an activating group) is 1. The number of methoxy groups -OCH3 is 1. The summed E-state index contributed by atoms with van der Waals surface area (Å²) in [6.45, 7) is 1.82. The van der Waals surface area contributed by atoms with Gasteiger partial charge >= 0.3 is 0 Å². The molecule has 0 aliphatic carbocycles. The number of hydrogen-bond acceptors (Lipinski definition) is 4. The van der Waals surface area contributed by atoms with Crippen LogP contribution in [0.3, 0.4) is 0 Å². The van der Waals surface area contributed by atoms with Gasteiger partial charge < -0.3 is 19.7 Å². The van der Waals surface area contributed by atoms with Gasteiger partial charge in [-0.1, -0.05) is 30.3 Å². The highest BCUT2D eigenvalue weighted by molar-refractivity contribution is 7.84. The number of guanidine groups is 1. The van der Waals surface area contributed by atoms with Crippen LogP contribution in [-0.4, -0.2) is 61.7 Å². The van der Waals surface area contributed by atoms with Crippen LogP contribution in [0.1, 0.15) is 5.56 Å². The molecule has 0 aromatic heterocycles.